The van der Waals surface area contributed by atoms with Crippen molar-refractivity contribution in [2.45, 2.75) is 43.6 Å². The van der Waals surface area contributed by atoms with Gasteiger partial charge >= 0.3 is 0 Å². The minimum absolute atomic E-state index is 0.340. The number of aromatic hydroxyl groups is 1. The van der Waals surface area contributed by atoms with Crippen LogP contribution in [0, 0.1) is 0 Å². The fourth-order valence-electron chi connectivity index (χ4n) is 3.52. The van der Waals surface area contributed by atoms with Crippen LogP contribution in [0.1, 0.15) is 37.7 Å². The topological polar surface area (TPSA) is 32.3 Å². The Morgan fingerprint density at radius 1 is 1.31 bits per heavy atom. The van der Waals surface area contributed by atoms with E-state index in [1.165, 1.54) is 37.7 Å². The van der Waals surface area contributed by atoms with E-state index in [-0.39, 0.29) is 0 Å². The molecule has 1 aromatic rings. The van der Waals surface area contributed by atoms with Gasteiger partial charge in [-0.15, -0.1) is 0 Å². The number of phenolic OH excluding ortho intramolecular Hbond substituents is 1. The third kappa shape index (κ3) is 1.61. The third-order valence-corrected chi connectivity index (χ3v) is 4.34. The molecule has 2 atom stereocenters. The van der Waals surface area contributed by atoms with Gasteiger partial charge in [0.25, 0.3) is 0 Å². The lowest BCUT2D eigenvalue weighted by Crippen LogP contribution is -2.49. The van der Waals surface area contributed by atoms with Crippen molar-refractivity contribution < 1.29 is 5.11 Å². The molecule has 0 amide bonds. The number of hydrogen-bond acceptors (Lipinski definition) is 2. The van der Waals surface area contributed by atoms with Gasteiger partial charge in [0.05, 0.1) is 0 Å². The quantitative estimate of drug-likeness (QED) is 0.757. The van der Waals surface area contributed by atoms with Crippen molar-refractivity contribution in [2.24, 2.45) is 0 Å². The molecule has 0 spiro atoms. The van der Waals surface area contributed by atoms with Crippen molar-refractivity contribution in [2.75, 3.05) is 6.54 Å². The van der Waals surface area contributed by atoms with E-state index >= 15 is 0 Å². The molecule has 2 heteroatoms. The Morgan fingerprint density at radius 2 is 2.25 bits per heavy atom. The highest BCUT2D eigenvalue weighted by Crippen LogP contribution is 2.44. The zero-order valence-electron chi connectivity index (χ0n) is 9.58. The Morgan fingerprint density at radius 3 is 3.12 bits per heavy atom. The summed E-state index contributed by atoms with van der Waals surface area (Å²) in [6.45, 7) is 1.13. The molecule has 2 nitrogen and oxygen atoms in total. The van der Waals surface area contributed by atoms with Crippen molar-refractivity contribution >= 4 is 0 Å². The number of fused-ring (bicyclic) bond motifs is 2. The molecule has 86 valence electrons. The summed E-state index contributed by atoms with van der Waals surface area (Å²) in [7, 11) is 0. The number of rotatable bonds is 1. The van der Waals surface area contributed by atoms with Crippen LogP contribution in [0.3, 0.4) is 0 Å². The maximum atomic E-state index is 9.62. The molecule has 2 bridgehead atoms. The van der Waals surface area contributed by atoms with Crippen LogP contribution in [0.2, 0.25) is 0 Å². The molecule has 2 N–H and O–H groups in total. The molecular weight excluding hydrogens is 198 g/mol. The van der Waals surface area contributed by atoms with E-state index in [9.17, 15) is 5.11 Å². The van der Waals surface area contributed by atoms with Gasteiger partial charge in [0, 0.05) is 6.04 Å². The number of piperidine rings is 1. The molecule has 1 heterocycles. The van der Waals surface area contributed by atoms with Crippen LogP contribution in [-0.4, -0.2) is 17.7 Å². The number of benzene rings is 1. The predicted octanol–water partition coefficient (Wildman–Crippen LogP) is 2.57. The minimum Gasteiger partial charge on any atom is -0.508 e. The van der Waals surface area contributed by atoms with Gasteiger partial charge in [-0.1, -0.05) is 18.6 Å². The van der Waals surface area contributed by atoms with Gasteiger partial charge in [-0.05, 0) is 55.3 Å². The van der Waals surface area contributed by atoms with Crippen LogP contribution in [-0.2, 0) is 5.41 Å². The molecule has 2 aliphatic rings. The van der Waals surface area contributed by atoms with Gasteiger partial charge < -0.3 is 10.4 Å². The van der Waals surface area contributed by atoms with Crippen LogP contribution in [0.15, 0.2) is 24.3 Å². The molecule has 1 saturated carbocycles. The molecule has 1 aliphatic heterocycles. The number of hydrogen-bond donors (Lipinski definition) is 2. The molecule has 2 fully saturated rings. The SMILES string of the molecule is Oc1cccc(C23CCCC(C2)NCC3)c1. The summed E-state index contributed by atoms with van der Waals surface area (Å²) in [6, 6.07) is 8.60. The summed E-state index contributed by atoms with van der Waals surface area (Å²) >= 11 is 0. The summed E-state index contributed by atoms with van der Waals surface area (Å²) in [4.78, 5) is 0. The van der Waals surface area contributed by atoms with Gasteiger partial charge in [-0.3, -0.25) is 0 Å². The second kappa shape index (κ2) is 3.77. The largest absolute Gasteiger partial charge is 0.508 e. The van der Waals surface area contributed by atoms with E-state index in [2.05, 4.69) is 11.4 Å². The van der Waals surface area contributed by atoms with Crippen molar-refractivity contribution in [3.05, 3.63) is 29.8 Å². The van der Waals surface area contributed by atoms with E-state index in [0.717, 1.165) is 6.54 Å². The summed E-state index contributed by atoms with van der Waals surface area (Å²) in [5.41, 5.74) is 1.69. The van der Waals surface area contributed by atoms with Crippen LogP contribution >= 0.6 is 0 Å². The lowest BCUT2D eigenvalue weighted by atomic mass is 9.64. The summed E-state index contributed by atoms with van der Waals surface area (Å²) in [6.07, 6.45) is 6.38. The summed E-state index contributed by atoms with van der Waals surface area (Å²) < 4.78 is 0. The Hall–Kier alpha value is -1.02. The van der Waals surface area contributed by atoms with Crippen molar-refractivity contribution in [3.8, 4) is 5.75 Å². The fraction of sp³-hybridized carbons (Fsp3) is 0.571. The maximum absolute atomic E-state index is 9.62. The van der Waals surface area contributed by atoms with E-state index in [1.807, 2.05) is 12.1 Å². The highest BCUT2D eigenvalue weighted by Gasteiger charge is 2.40. The van der Waals surface area contributed by atoms with Crippen LogP contribution in [0.5, 0.6) is 5.75 Å². The smallest absolute Gasteiger partial charge is 0.115 e. The Kier molecular flexibility index (Phi) is 2.40. The molecule has 2 unspecified atom stereocenters. The van der Waals surface area contributed by atoms with E-state index in [1.54, 1.807) is 6.07 Å². The van der Waals surface area contributed by atoms with Gasteiger partial charge in [0.2, 0.25) is 0 Å². The van der Waals surface area contributed by atoms with Gasteiger partial charge in [-0.25, -0.2) is 0 Å². The average molecular weight is 217 g/mol. The standard InChI is InChI=1S/C14H19NO/c16-13-5-1-3-11(9-13)14-6-2-4-12(10-14)15-8-7-14/h1,3,5,9,12,15-16H,2,4,6-8,10H2. The van der Waals surface area contributed by atoms with Crippen LogP contribution in [0.25, 0.3) is 0 Å². The molecule has 1 aliphatic carbocycles. The van der Waals surface area contributed by atoms with E-state index < -0.39 is 0 Å². The maximum Gasteiger partial charge on any atom is 0.115 e. The second-order valence-corrected chi connectivity index (χ2v) is 5.33. The summed E-state index contributed by atoms with van der Waals surface area (Å²) in [5, 5.41) is 13.2. The Bertz CT molecular complexity index is 378. The van der Waals surface area contributed by atoms with Crippen molar-refractivity contribution in [1.29, 1.82) is 0 Å². The molecule has 1 saturated heterocycles. The Labute approximate surface area is 96.7 Å². The molecule has 1 aromatic carbocycles. The summed E-state index contributed by atoms with van der Waals surface area (Å²) in [5.74, 6) is 0.410. The highest BCUT2D eigenvalue weighted by atomic mass is 16.3. The molecule has 0 radical (unpaired) electrons. The first-order chi connectivity index (χ1) is 7.78. The van der Waals surface area contributed by atoms with E-state index in [4.69, 9.17) is 0 Å². The fourth-order valence-corrected chi connectivity index (χ4v) is 3.52. The zero-order chi connectivity index (χ0) is 11.0. The first-order valence-corrected chi connectivity index (χ1v) is 6.31. The van der Waals surface area contributed by atoms with E-state index in [0.29, 0.717) is 17.2 Å². The van der Waals surface area contributed by atoms with Gasteiger partial charge in [0.15, 0.2) is 0 Å². The van der Waals surface area contributed by atoms with Gasteiger partial charge in [-0.2, -0.15) is 0 Å². The van der Waals surface area contributed by atoms with Crippen molar-refractivity contribution in [3.63, 3.8) is 0 Å². The number of phenols is 1. The van der Waals surface area contributed by atoms with Crippen LogP contribution in [0.4, 0.5) is 0 Å². The monoisotopic (exact) mass is 217 g/mol. The second-order valence-electron chi connectivity index (χ2n) is 5.33. The predicted molar refractivity (Wildman–Crippen MR) is 64.7 cm³/mol. The average Bonchev–Trinajstić information content (AvgIpc) is 2.29. The normalized spacial score (nSPS) is 33.6. The molecular formula is C14H19NO. The lowest BCUT2D eigenvalue weighted by Gasteiger charge is -2.46. The molecule has 0 aromatic heterocycles. The van der Waals surface area contributed by atoms with Gasteiger partial charge in [0.1, 0.15) is 5.75 Å². The third-order valence-electron chi connectivity index (χ3n) is 4.34. The van der Waals surface area contributed by atoms with Crippen LogP contribution < -0.4 is 5.32 Å². The zero-order valence-corrected chi connectivity index (χ0v) is 9.58. The Balaban J connectivity index is 1.96. The number of nitrogens with one attached hydrogen (secondary N) is 1. The minimum atomic E-state index is 0.340. The highest BCUT2D eigenvalue weighted by molar-refractivity contribution is 5.34. The lowest BCUT2D eigenvalue weighted by molar-refractivity contribution is 0.180. The first kappa shape index (κ1) is 10.2. The van der Waals surface area contributed by atoms with Crippen molar-refractivity contribution in [1.82, 2.24) is 5.32 Å². The first-order valence-electron chi connectivity index (χ1n) is 6.31. The molecule has 16 heavy (non-hydrogen) atoms. The molecule has 3 rings (SSSR count).